The lowest BCUT2D eigenvalue weighted by molar-refractivity contribution is 0.131. The van der Waals surface area contributed by atoms with E-state index in [2.05, 4.69) is 40.8 Å². The van der Waals surface area contributed by atoms with Gasteiger partial charge in [0.2, 0.25) is 0 Å². The molecule has 16 heavy (non-hydrogen) atoms. The van der Waals surface area contributed by atoms with Crippen molar-refractivity contribution in [1.29, 1.82) is 0 Å². The maximum absolute atomic E-state index is 6.48. The number of hydrogen-bond acceptors (Lipinski definition) is 2. The molecule has 0 aromatic heterocycles. The first-order chi connectivity index (χ1) is 7.16. The third-order valence-corrected chi connectivity index (χ3v) is 9.20. The van der Waals surface area contributed by atoms with Crippen molar-refractivity contribution in [3.8, 4) is 0 Å². The minimum atomic E-state index is -1.62. The Kier molecular flexibility index (Phi) is 2.80. The van der Waals surface area contributed by atoms with E-state index in [0.717, 1.165) is 0 Å². The number of fused-ring (bicyclic) bond motifs is 1. The van der Waals surface area contributed by atoms with Gasteiger partial charge in [-0.3, -0.25) is 0 Å². The van der Waals surface area contributed by atoms with E-state index < -0.39 is 8.32 Å². The van der Waals surface area contributed by atoms with E-state index in [9.17, 15) is 0 Å². The molecule has 2 aliphatic rings. The summed E-state index contributed by atoms with van der Waals surface area (Å²) in [6, 6.07) is 0. The zero-order chi connectivity index (χ0) is 12.2. The molecule has 3 atom stereocenters. The van der Waals surface area contributed by atoms with Gasteiger partial charge in [0, 0.05) is 0 Å². The minimum Gasteiger partial charge on any atom is -0.411 e. The molecule has 1 aliphatic carbocycles. The average Bonchev–Trinajstić information content (AvgIpc) is 2.75. The van der Waals surface area contributed by atoms with Gasteiger partial charge in [-0.05, 0) is 44.3 Å². The van der Waals surface area contributed by atoms with Crippen molar-refractivity contribution < 1.29 is 9.16 Å². The van der Waals surface area contributed by atoms with Crippen LogP contribution in [0.4, 0.5) is 0 Å². The topological polar surface area (TPSA) is 21.8 Å². The molecule has 94 valence electrons. The van der Waals surface area contributed by atoms with E-state index in [-0.39, 0.29) is 5.60 Å². The number of rotatable bonds is 2. The van der Waals surface area contributed by atoms with Gasteiger partial charge in [0.1, 0.15) is 6.10 Å². The lowest BCUT2D eigenvalue weighted by atomic mass is 9.89. The van der Waals surface area contributed by atoms with Crippen molar-refractivity contribution in [2.45, 2.75) is 82.9 Å². The summed E-state index contributed by atoms with van der Waals surface area (Å²) in [6.07, 6.45) is 4.41. The fourth-order valence-electron chi connectivity index (χ4n) is 2.41. The van der Waals surface area contributed by atoms with Crippen LogP contribution in [-0.4, -0.2) is 26.1 Å². The summed E-state index contributed by atoms with van der Waals surface area (Å²) in [5.41, 5.74) is 0.158. The standard InChI is InChI=1S/C13H26O2Si/c1-12(2,3)16(5,6)15-10-8-7-9-13(4)11(10)14-13/h10-11H,7-9H2,1-6H3/t10-,11+,13-/m0/s1. The molecular weight excluding hydrogens is 216 g/mol. The van der Waals surface area contributed by atoms with Gasteiger partial charge in [0.25, 0.3) is 0 Å². The number of epoxide rings is 1. The third-order valence-electron chi connectivity index (χ3n) is 4.69. The maximum atomic E-state index is 6.48. The normalized spacial score (nSPS) is 39.4. The molecule has 1 saturated carbocycles. The molecule has 1 heterocycles. The Bertz CT molecular complexity index is 282. The lowest BCUT2D eigenvalue weighted by Crippen LogP contribution is -2.46. The molecule has 0 bridgehead atoms. The monoisotopic (exact) mass is 242 g/mol. The summed E-state index contributed by atoms with van der Waals surface area (Å²) in [7, 11) is -1.62. The molecule has 1 saturated heterocycles. The van der Waals surface area contributed by atoms with Crippen LogP contribution in [0.15, 0.2) is 0 Å². The van der Waals surface area contributed by atoms with Gasteiger partial charge in [0.05, 0.1) is 11.7 Å². The number of ether oxygens (including phenoxy) is 1. The largest absolute Gasteiger partial charge is 0.411 e. The summed E-state index contributed by atoms with van der Waals surface area (Å²) in [4.78, 5) is 0. The molecule has 0 aromatic carbocycles. The Morgan fingerprint density at radius 2 is 1.94 bits per heavy atom. The zero-order valence-electron chi connectivity index (χ0n) is 11.6. The smallest absolute Gasteiger partial charge is 0.192 e. The molecule has 2 rings (SSSR count). The molecule has 1 aliphatic heterocycles. The highest BCUT2D eigenvalue weighted by molar-refractivity contribution is 6.74. The second-order valence-corrected chi connectivity index (χ2v) is 11.9. The minimum absolute atomic E-state index is 0.158. The summed E-state index contributed by atoms with van der Waals surface area (Å²) in [5.74, 6) is 0. The first-order valence-electron chi connectivity index (χ1n) is 6.51. The van der Waals surface area contributed by atoms with Gasteiger partial charge in [-0.1, -0.05) is 20.8 Å². The Labute approximate surface area is 101 Å². The highest BCUT2D eigenvalue weighted by Crippen LogP contribution is 2.50. The van der Waals surface area contributed by atoms with Gasteiger partial charge in [-0.2, -0.15) is 0 Å². The molecule has 0 radical (unpaired) electrons. The predicted molar refractivity (Wildman–Crippen MR) is 69.2 cm³/mol. The molecule has 0 unspecified atom stereocenters. The third kappa shape index (κ3) is 2.09. The summed E-state index contributed by atoms with van der Waals surface area (Å²) < 4.78 is 12.3. The molecule has 2 fully saturated rings. The van der Waals surface area contributed by atoms with Crippen LogP contribution in [-0.2, 0) is 9.16 Å². The quantitative estimate of drug-likeness (QED) is 0.544. The molecule has 2 nitrogen and oxygen atoms in total. The van der Waals surface area contributed by atoms with E-state index >= 15 is 0 Å². The lowest BCUT2D eigenvalue weighted by Gasteiger charge is -2.40. The Morgan fingerprint density at radius 3 is 2.50 bits per heavy atom. The fraction of sp³-hybridized carbons (Fsp3) is 1.00. The number of hydrogen-bond donors (Lipinski definition) is 0. The van der Waals surface area contributed by atoms with Crippen LogP contribution in [0.5, 0.6) is 0 Å². The molecule has 0 N–H and O–H groups in total. The first kappa shape index (κ1) is 12.6. The van der Waals surface area contributed by atoms with Crippen LogP contribution < -0.4 is 0 Å². The summed E-state index contributed by atoms with van der Waals surface area (Å²) in [6.45, 7) is 13.8. The van der Waals surface area contributed by atoms with Crippen molar-refractivity contribution in [1.82, 2.24) is 0 Å². The van der Waals surface area contributed by atoms with Gasteiger partial charge < -0.3 is 9.16 Å². The maximum Gasteiger partial charge on any atom is 0.192 e. The molecular formula is C13H26O2Si. The van der Waals surface area contributed by atoms with Gasteiger partial charge >= 0.3 is 0 Å². The molecule has 0 spiro atoms. The summed E-state index contributed by atoms with van der Waals surface area (Å²) in [5, 5.41) is 0.301. The van der Waals surface area contributed by atoms with Gasteiger partial charge in [-0.25, -0.2) is 0 Å². The average molecular weight is 242 g/mol. The predicted octanol–water partition coefficient (Wildman–Crippen LogP) is 3.72. The van der Waals surface area contributed by atoms with Crippen LogP contribution in [0.1, 0.15) is 47.0 Å². The molecule has 0 aromatic rings. The van der Waals surface area contributed by atoms with E-state index in [1.807, 2.05) is 0 Å². The van der Waals surface area contributed by atoms with Crippen molar-refractivity contribution in [3.63, 3.8) is 0 Å². The molecule has 0 amide bonds. The second-order valence-electron chi connectivity index (χ2n) is 7.16. The van der Waals surface area contributed by atoms with Gasteiger partial charge in [-0.15, -0.1) is 0 Å². The molecule has 3 heteroatoms. The second kappa shape index (κ2) is 3.56. The van der Waals surface area contributed by atoms with Crippen LogP contribution in [0.3, 0.4) is 0 Å². The Morgan fingerprint density at radius 1 is 1.31 bits per heavy atom. The Balaban J connectivity index is 2.00. The van der Waals surface area contributed by atoms with Crippen LogP contribution in [0.2, 0.25) is 18.1 Å². The van der Waals surface area contributed by atoms with E-state index in [0.29, 0.717) is 17.2 Å². The van der Waals surface area contributed by atoms with Crippen molar-refractivity contribution in [3.05, 3.63) is 0 Å². The summed E-state index contributed by atoms with van der Waals surface area (Å²) >= 11 is 0. The highest BCUT2D eigenvalue weighted by atomic mass is 28.4. The van der Waals surface area contributed by atoms with E-state index in [4.69, 9.17) is 9.16 Å². The van der Waals surface area contributed by atoms with Crippen molar-refractivity contribution >= 4 is 8.32 Å². The van der Waals surface area contributed by atoms with Crippen molar-refractivity contribution in [2.75, 3.05) is 0 Å². The SMILES string of the molecule is CC(C)(C)[Si](C)(C)O[C@H]1CCC[C@]2(C)O[C@H]12. The van der Waals surface area contributed by atoms with Crippen LogP contribution in [0.25, 0.3) is 0 Å². The van der Waals surface area contributed by atoms with E-state index in [1.54, 1.807) is 0 Å². The highest BCUT2D eigenvalue weighted by Gasteiger charge is 2.59. The van der Waals surface area contributed by atoms with Crippen LogP contribution >= 0.6 is 0 Å². The zero-order valence-corrected chi connectivity index (χ0v) is 12.6. The van der Waals surface area contributed by atoms with Gasteiger partial charge in [0.15, 0.2) is 8.32 Å². The first-order valence-corrected chi connectivity index (χ1v) is 9.42. The Hall–Kier alpha value is 0.137. The van der Waals surface area contributed by atoms with E-state index in [1.165, 1.54) is 19.3 Å². The van der Waals surface area contributed by atoms with Crippen LogP contribution in [0, 0.1) is 0 Å². The fourth-order valence-corrected chi connectivity index (χ4v) is 3.76. The van der Waals surface area contributed by atoms with Crippen molar-refractivity contribution in [2.24, 2.45) is 0 Å².